The average Bonchev–Trinajstić information content (AvgIpc) is 2.51. The molecule has 0 fully saturated rings. The van der Waals surface area contributed by atoms with E-state index in [4.69, 9.17) is 14.3 Å². The van der Waals surface area contributed by atoms with Crippen molar-refractivity contribution in [3.05, 3.63) is 24.2 Å². The van der Waals surface area contributed by atoms with Crippen molar-refractivity contribution >= 4 is 5.97 Å². The topological polar surface area (TPSA) is 59.7 Å². The number of carbonyl (C=O) groups is 1. The second kappa shape index (κ2) is 3.92. The van der Waals surface area contributed by atoms with E-state index in [2.05, 4.69) is 0 Å². The SMILES string of the molecule is C[C@@H](OCc1ccoc1)C(=O)O. The van der Waals surface area contributed by atoms with Crippen molar-refractivity contribution in [2.24, 2.45) is 0 Å². The molecular formula is C8H10O4. The molecule has 0 radical (unpaired) electrons. The predicted octanol–water partition coefficient (Wildman–Crippen LogP) is 1.27. The Bertz CT molecular complexity index is 240. The number of hydrogen-bond acceptors (Lipinski definition) is 3. The van der Waals surface area contributed by atoms with E-state index >= 15 is 0 Å². The normalized spacial score (nSPS) is 12.8. The average molecular weight is 170 g/mol. The zero-order valence-corrected chi connectivity index (χ0v) is 6.69. The van der Waals surface area contributed by atoms with Crippen molar-refractivity contribution in [1.29, 1.82) is 0 Å². The number of carboxylic acids is 1. The van der Waals surface area contributed by atoms with Crippen molar-refractivity contribution < 1.29 is 19.1 Å². The van der Waals surface area contributed by atoms with Crippen LogP contribution in [0.4, 0.5) is 0 Å². The molecule has 0 aromatic carbocycles. The fourth-order valence-electron chi connectivity index (χ4n) is 0.667. The number of ether oxygens (including phenoxy) is 1. The first-order valence-electron chi connectivity index (χ1n) is 3.55. The van der Waals surface area contributed by atoms with E-state index in [1.54, 1.807) is 6.07 Å². The van der Waals surface area contributed by atoms with Crippen LogP contribution in [-0.2, 0) is 16.1 Å². The van der Waals surface area contributed by atoms with Crippen LogP contribution in [0.3, 0.4) is 0 Å². The van der Waals surface area contributed by atoms with Gasteiger partial charge in [0.25, 0.3) is 0 Å². The van der Waals surface area contributed by atoms with Gasteiger partial charge in [0.2, 0.25) is 0 Å². The highest BCUT2D eigenvalue weighted by Gasteiger charge is 2.10. The lowest BCUT2D eigenvalue weighted by Gasteiger charge is -2.05. The van der Waals surface area contributed by atoms with Crippen molar-refractivity contribution in [3.8, 4) is 0 Å². The first kappa shape index (κ1) is 8.80. The van der Waals surface area contributed by atoms with E-state index < -0.39 is 12.1 Å². The van der Waals surface area contributed by atoms with Crippen molar-refractivity contribution in [2.75, 3.05) is 0 Å². The molecule has 0 spiro atoms. The van der Waals surface area contributed by atoms with E-state index in [9.17, 15) is 4.79 Å². The number of rotatable bonds is 4. The Kier molecular flexibility index (Phi) is 2.88. The molecule has 0 aliphatic carbocycles. The minimum atomic E-state index is -0.960. The second-order valence-corrected chi connectivity index (χ2v) is 2.42. The Labute approximate surface area is 69.8 Å². The Hall–Kier alpha value is -1.29. The first-order valence-corrected chi connectivity index (χ1v) is 3.55. The molecule has 1 aromatic heterocycles. The van der Waals surface area contributed by atoms with Crippen molar-refractivity contribution in [3.63, 3.8) is 0 Å². The van der Waals surface area contributed by atoms with Crippen LogP contribution < -0.4 is 0 Å². The van der Waals surface area contributed by atoms with Crippen LogP contribution in [0.5, 0.6) is 0 Å². The molecule has 4 heteroatoms. The zero-order chi connectivity index (χ0) is 8.97. The summed E-state index contributed by atoms with van der Waals surface area (Å²) >= 11 is 0. The lowest BCUT2D eigenvalue weighted by molar-refractivity contribution is -0.149. The van der Waals surface area contributed by atoms with Gasteiger partial charge in [-0.15, -0.1) is 0 Å². The first-order chi connectivity index (χ1) is 5.70. The summed E-state index contributed by atoms with van der Waals surface area (Å²) in [4.78, 5) is 10.3. The minimum absolute atomic E-state index is 0.268. The number of carboxylic acid groups (broad SMARTS) is 1. The molecule has 1 heterocycles. The molecule has 12 heavy (non-hydrogen) atoms. The van der Waals surface area contributed by atoms with Crippen molar-refractivity contribution in [1.82, 2.24) is 0 Å². The largest absolute Gasteiger partial charge is 0.479 e. The number of aliphatic carboxylic acids is 1. The van der Waals surface area contributed by atoms with Gasteiger partial charge < -0.3 is 14.3 Å². The van der Waals surface area contributed by atoms with Crippen LogP contribution >= 0.6 is 0 Å². The molecule has 0 amide bonds. The third-order valence-corrected chi connectivity index (χ3v) is 1.43. The zero-order valence-electron chi connectivity index (χ0n) is 6.69. The summed E-state index contributed by atoms with van der Waals surface area (Å²) in [5, 5.41) is 8.46. The quantitative estimate of drug-likeness (QED) is 0.739. The van der Waals surface area contributed by atoms with Gasteiger partial charge in [0.1, 0.15) is 0 Å². The van der Waals surface area contributed by atoms with Crippen LogP contribution in [0.1, 0.15) is 12.5 Å². The summed E-state index contributed by atoms with van der Waals surface area (Å²) in [6.07, 6.45) is 2.26. The Morgan fingerprint density at radius 2 is 2.58 bits per heavy atom. The van der Waals surface area contributed by atoms with Crippen LogP contribution in [0.25, 0.3) is 0 Å². The minimum Gasteiger partial charge on any atom is -0.479 e. The maximum atomic E-state index is 10.3. The van der Waals surface area contributed by atoms with Gasteiger partial charge in [-0.2, -0.15) is 0 Å². The van der Waals surface area contributed by atoms with Gasteiger partial charge in [-0.25, -0.2) is 4.79 Å². The Balaban J connectivity index is 2.31. The molecule has 0 saturated carbocycles. The molecule has 0 aliphatic rings. The highest BCUT2D eigenvalue weighted by molar-refractivity contribution is 5.71. The summed E-state index contributed by atoms with van der Waals surface area (Å²) in [7, 11) is 0. The molecule has 4 nitrogen and oxygen atoms in total. The molecule has 1 atom stereocenters. The second-order valence-electron chi connectivity index (χ2n) is 2.42. The molecule has 0 unspecified atom stereocenters. The van der Waals surface area contributed by atoms with Gasteiger partial charge in [-0.05, 0) is 13.0 Å². The molecule has 0 bridgehead atoms. The predicted molar refractivity (Wildman–Crippen MR) is 40.6 cm³/mol. The smallest absolute Gasteiger partial charge is 0.332 e. The van der Waals surface area contributed by atoms with E-state index in [-0.39, 0.29) is 6.61 Å². The van der Waals surface area contributed by atoms with Gasteiger partial charge in [0.05, 0.1) is 19.1 Å². The Morgan fingerprint density at radius 3 is 3.08 bits per heavy atom. The lowest BCUT2D eigenvalue weighted by Crippen LogP contribution is -2.19. The van der Waals surface area contributed by atoms with Crippen LogP contribution in [0, 0.1) is 0 Å². The molecule has 66 valence electrons. The van der Waals surface area contributed by atoms with Gasteiger partial charge in [0, 0.05) is 5.56 Å². The third-order valence-electron chi connectivity index (χ3n) is 1.43. The summed E-state index contributed by atoms with van der Waals surface area (Å²) in [5.41, 5.74) is 0.836. The maximum Gasteiger partial charge on any atom is 0.332 e. The molecule has 1 aromatic rings. The standard InChI is InChI=1S/C8H10O4/c1-6(8(9)10)12-5-7-2-3-11-4-7/h2-4,6H,5H2,1H3,(H,9,10)/t6-/m1/s1. The highest BCUT2D eigenvalue weighted by atomic mass is 16.5. The van der Waals surface area contributed by atoms with E-state index in [0.29, 0.717) is 0 Å². The fourth-order valence-corrected chi connectivity index (χ4v) is 0.667. The fraction of sp³-hybridized carbons (Fsp3) is 0.375. The van der Waals surface area contributed by atoms with Crippen LogP contribution in [0.15, 0.2) is 23.0 Å². The highest BCUT2D eigenvalue weighted by Crippen LogP contribution is 2.03. The monoisotopic (exact) mass is 170 g/mol. The van der Waals surface area contributed by atoms with Gasteiger partial charge in [-0.1, -0.05) is 0 Å². The number of hydrogen-bond donors (Lipinski definition) is 1. The van der Waals surface area contributed by atoms with Crippen LogP contribution in [-0.4, -0.2) is 17.2 Å². The van der Waals surface area contributed by atoms with Gasteiger partial charge in [-0.3, -0.25) is 0 Å². The van der Waals surface area contributed by atoms with Crippen LogP contribution in [0.2, 0.25) is 0 Å². The molecule has 0 saturated heterocycles. The third kappa shape index (κ3) is 2.39. The van der Waals surface area contributed by atoms with Gasteiger partial charge in [0.15, 0.2) is 6.10 Å². The van der Waals surface area contributed by atoms with E-state index in [0.717, 1.165) is 5.56 Å². The Morgan fingerprint density at radius 1 is 1.83 bits per heavy atom. The maximum absolute atomic E-state index is 10.3. The lowest BCUT2D eigenvalue weighted by atomic mass is 10.3. The molecule has 0 aliphatic heterocycles. The summed E-state index contributed by atoms with van der Waals surface area (Å²) < 4.78 is 9.77. The van der Waals surface area contributed by atoms with Crippen molar-refractivity contribution in [2.45, 2.75) is 19.6 Å². The molecule has 1 rings (SSSR count). The van der Waals surface area contributed by atoms with E-state index in [1.165, 1.54) is 19.5 Å². The molecule has 1 N–H and O–H groups in total. The molecular weight excluding hydrogens is 160 g/mol. The van der Waals surface area contributed by atoms with E-state index in [1.807, 2.05) is 0 Å². The number of furan rings is 1. The summed E-state index contributed by atoms with van der Waals surface area (Å²) in [6.45, 7) is 1.76. The summed E-state index contributed by atoms with van der Waals surface area (Å²) in [5.74, 6) is -0.960. The van der Waals surface area contributed by atoms with Gasteiger partial charge >= 0.3 is 5.97 Å². The summed E-state index contributed by atoms with van der Waals surface area (Å²) in [6, 6.07) is 1.73.